The Labute approximate surface area is 144 Å². The molecule has 2 aromatic rings. The van der Waals surface area contributed by atoms with Gasteiger partial charge < -0.3 is 19.4 Å². The monoisotopic (exact) mass is 329 g/mol. The topological polar surface area (TPSA) is 38.7 Å². The molecule has 1 fully saturated rings. The van der Waals surface area contributed by atoms with Gasteiger partial charge in [0.15, 0.2) is 0 Å². The Kier molecular flexibility index (Phi) is 5.43. The number of ether oxygens (including phenoxy) is 2. The van der Waals surface area contributed by atoms with Crippen molar-refractivity contribution >= 4 is 0 Å². The highest BCUT2D eigenvalue weighted by atomic mass is 16.5. The molecule has 5 nitrogen and oxygen atoms in total. The van der Waals surface area contributed by atoms with Crippen LogP contribution in [0, 0.1) is 0 Å². The first-order valence-corrected chi connectivity index (χ1v) is 8.46. The molecule has 1 atom stereocenters. The van der Waals surface area contributed by atoms with E-state index in [-0.39, 0.29) is 0 Å². The highest BCUT2D eigenvalue weighted by Gasteiger charge is 2.22. The lowest BCUT2D eigenvalue weighted by molar-refractivity contribution is 0.317. The van der Waals surface area contributed by atoms with Gasteiger partial charge in [0, 0.05) is 57.2 Å². The largest absolute Gasteiger partial charge is 0.497 e. The molecule has 1 aliphatic rings. The smallest absolute Gasteiger partial charge is 0.122 e. The molecule has 0 bridgehead atoms. The number of hydrogen-bond donors (Lipinski definition) is 1. The fraction of sp³-hybridized carbons (Fsp3) is 0.474. The van der Waals surface area contributed by atoms with Gasteiger partial charge >= 0.3 is 0 Å². The van der Waals surface area contributed by atoms with Crippen LogP contribution in [-0.4, -0.2) is 42.8 Å². The van der Waals surface area contributed by atoms with Crippen molar-refractivity contribution in [2.75, 3.05) is 27.3 Å². The van der Waals surface area contributed by atoms with Crippen molar-refractivity contribution in [2.24, 2.45) is 7.05 Å². The molecule has 0 saturated carbocycles. The van der Waals surface area contributed by atoms with Gasteiger partial charge in [0.25, 0.3) is 0 Å². The quantitative estimate of drug-likeness (QED) is 0.847. The molecule has 1 N–H and O–H groups in total. The Balaban J connectivity index is 1.53. The molecular formula is C19H27N3O2. The van der Waals surface area contributed by atoms with Crippen LogP contribution in [0.15, 0.2) is 36.5 Å². The van der Waals surface area contributed by atoms with Crippen molar-refractivity contribution < 1.29 is 9.47 Å². The minimum absolute atomic E-state index is 0.549. The molecule has 1 aromatic heterocycles. The van der Waals surface area contributed by atoms with Crippen molar-refractivity contribution in [3.8, 4) is 11.5 Å². The van der Waals surface area contributed by atoms with E-state index < -0.39 is 0 Å². The van der Waals surface area contributed by atoms with E-state index in [9.17, 15) is 0 Å². The third-order valence-corrected chi connectivity index (χ3v) is 4.71. The summed E-state index contributed by atoms with van der Waals surface area (Å²) in [5, 5.41) is 3.67. The van der Waals surface area contributed by atoms with Crippen molar-refractivity contribution in [3.63, 3.8) is 0 Å². The standard InChI is InChI=1S/C19H27N3O2/c1-21-7-4-5-17(21)12-20-16-6-8-22(14-16)13-15-9-18(23-2)11-19(10-15)24-3/h4-5,7,9-11,16,20H,6,8,12-14H2,1-3H3/t16-/m0/s1. The van der Waals surface area contributed by atoms with Gasteiger partial charge in [-0.1, -0.05) is 0 Å². The third kappa shape index (κ3) is 4.10. The summed E-state index contributed by atoms with van der Waals surface area (Å²) < 4.78 is 12.9. The van der Waals surface area contributed by atoms with Crippen LogP contribution in [0.25, 0.3) is 0 Å². The summed E-state index contributed by atoms with van der Waals surface area (Å²) in [6.07, 6.45) is 3.28. The van der Waals surface area contributed by atoms with Crippen LogP contribution in [0.3, 0.4) is 0 Å². The van der Waals surface area contributed by atoms with Crippen LogP contribution in [0.4, 0.5) is 0 Å². The van der Waals surface area contributed by atoms with E-state index in [4.69, 9.17) is 9.47 Å². The van der Waals surface area contributed by atoms with Crippen LogP contribution in [0.2, 0.25) is 0 Å². The number of likely N-dealkylation sites (tertiary alicyclic amines) is 1. The molecule has 0 amide bonds. The first-order valence-electron chi connectivity index (χ1n) is 8.46. The summed E-state index contributed by atoms with van der Waals surface area (Å²) >= 11 is 0. The molecule has 0 aliphatic carbocycles. The fourth-order valence-electron chi connectivity index (χ4n) is 3.29. The first-order chi connectivity index (χ1) is 11.7. The highest BCUT2D eigenvalue weighted by molar-refractivity contribution is 5.38. The second-order valence-electron chi connectivity index (χ2n) is 6.43. The lowest BCUT2D eigenvalue weighted by Crippen LogP contribution is -2.32. The van der Waals surface area contributed by atoms with Gasteiger partial charge in [0.2, 0.25) is 0 Å². The second-order valence-corrected chi connectivity index (χ2v) is 6.43. The van der Waals surface area contributed by atoms with E-state index in [0.29, 0.717) is 6.04 Å². The Morgan fingerprint density at radius 3 is 2.54 bits per heavy atom. The minimum atomic E-state index is 0.549. The summed E-state index contributed by atoms with van der Waals surface area (Å²) in [5.41, 5.74) is 2.56. The van der Waals surface area contributed by atoms with Crippen LogP contribution < -0.4 is 14.8 Å². The SMILES string of the molecule is COc1cc(CN2CC[C@H](NCc3cccn3C)C2)cc(OC)c1. The number of aryl methyl sites for hydroxylation is 1. The molecule has 3 rings (SSSR count). The number of rotatable bonds is 7. The number of hydrogen-bond acceptors (Lipinski definition) is 4. The van der Waals surface area contributed by atoms with Gasteiger partial charge in [0.05, 0.1) is 14.2 Å². The van der Waals surface area contributed by atoms with Crippen molar-refractivity contribution in [1.29, 1.82) is 0 Å². The Bertz CT molecular complexity index is 646. The predicted molar refractivity (Wildman–Crippen MR) is 95.5 cm³/mol. The first kappa shape index (κ1) is 16.9. The number of aromatic nitrogens is 1. The Morgan fingerprint density at radius 2 is 1.92 bits per heavy atom. The van der Waals surface area contributed by atoms with E-state index in [1.807, 2.05) is 6.07 Å². The predicted octanol–water partition coefficient (Wildman–Crippen LogP) is 2.41. The van der Waals surface area contributed by atoms with Crippen LogP contribution in [0.1, 0.15) is 17.7 Å². The van der Waals surface area contributed by atoms with E-state index in [1.165, 1.54) is 17.7 Å². The molecule has 0 unspecified atom stereocenters. The average Bonchev–Trinajstić information content (AvgIpc) is 3.21. The van der Waals surface area contributed by atoms with Crippen LogP contribution >= 0.6 is 0 Å². The second kappa shape index (κ2) is 7.73. The lowest BCUT2D eigenvalue weighted by atomic mass is 10.2. The number of methoxy groups -OCH3 is 2. The minimum Gasteiger partial charge on any atom is -0.497 e. The lowest BCUT2D eigenvalue weighted by Gasteiger charge is -2.18. The van der Waals surface area contributed by atoms with E-state index in [2.05, 4.69) is 52.3 Å². The summed E-state index contributed by atoms with van der Waals surface area (Å²) in [4.78, 5) is 2.48. The van der Waals surface area contributed by atoms with Gasteiger partial charge in [-0.25, -0.2) is 0 Å². The summed E-state index contributed by atoms with van der Waals surface area (Å²) in [6.45, 7) is 4.04. The van der Waals surface area contributed by atoms with Crippen LogP contribution in [0.5, 0.6) is 11.5 Å². The van der Waals surface area contributed by atoms with Crippen molar-refractivity contribution in [3.05, 3.63) is 47.8 Å². The van der Waals surface area contributed by atoms with E-state index in [0.717, 1.165) is 37.7 Å². The molecule has 1 aliphatic heterocycles. The zero-order valence-electron chi connectivity index (χ0n) is 14.8. The number of nitrogens with one attached hydrogen (secondary N) is 1. The van der Waals surface area contributed by atoms with Gasteiger partial charge in [-0.3, -0.25) is 4.90 Å². The molecule has 1 aromatic carbocycles. The van der Waals surface area contributed by atoms with Crippen molar-refractivity contribution in [2.45, 2.75) is 25.6 Å². The van der Waals surface area contributed by atoms with Gasteiger partial charge in [-0.05, 0) is 36.2 Å². The Morgan fingerprint density at radius 1 is 1.17 bits per heavy atom. The maximum atomic E-state index is 5.36. The summed E-state index contributed by atoms with van der Waals surface area (Å²) in [5.74, 6) is 1.70. The average molecular weight is 329 g/mol. The normalized spacial score (nSPS) is 18.0. The van der Waals surface area contributed by atoms with E-state index >= 15 is 0 Å². The zero-order valence-corrected chi connectivity index (χ0v) is 14.8. The molecule has 1 saturated heterocycles. The van der Waals surface area contributed by atoms with Gasteiger partial charge in [0.1, 0.15) is 11.5 Å². The molecule has 24 heavy (non-hydrogen) atoms. The highest BCUT2D eigenvalue weighted by Crippen LogP contribution is 2.24. The van der Waals surface area contributed by atoms with Gasteiger partial charge in [-0.15, -0.1) is 0 Å². The van der Waals surface area contributed by atoms with E-state index in [1.54, 1.807) is 14.2 Å². The number of benzene rings is 1. The molecular weight excluding hydrogens is 302 g/mol. The number of nitrogens with zero attached hydrogens (tertiary/aromatic N) is 2. The molecule has 0 spiro atoms. The maximum Gasteiger partial charge on any atom is 0.122 e. The molecule has 0 radical (unpaired) electrons. The van der Waals surface area contributed by atoms with Crippen LogP contribution in [-0.2, 0) is 20.1 Å². The summed E-state index contributed by atoms with van der Waals surface area (Å²) in [6, 6.07) is 10.9. The van der Waals surface area contributed by atoms with Gasteiger partial charge in [-0.2, -0.15) is 0 Å². The third-order valence-electron chi connectivity index (χ3n) is 4.71. The molecule has 130 valence electrons. The molecule has 2 heterocycles. The molecule has 5 heteroatoms. The zero-order chi connectivity index (χ0) is 16.9. The fourth-order valence-corrected chi connectivity index (χ4v) is 3.29. The summed E-state index contributed by atoms with van der Waals surface area (Å²) in [7, 11) is 5.48. The maximum absolute atomic E-state index is 5.36. The Hall–Kier alpha value is -1.98. The van der Waals surface area contributed by atoms with Crippen molar-refractivity contribution in [1.82, 2.24) is 14.8 Å².